The molecule has 0 aliphatic rings. The first-order valence-corrected chi connectivity index (χ1v) is 11.3. The Labute approximate surface area is 162 Å². The van der Waals surface area contributed by atoms with E-state index in [1.807, 2.05) is 0 Å². The predicted molar refractivity (Wildman–Crippen MR) is 116 cm³/mol. The van der Waals surface area contributed by atoms with Gasteiger partial charge in [-0.15, -0.1) is 0 Å². The zero-order valence-electron chi connectivity index (χ0n) is 17.2. The number of aliphatic hydroxyl groups is 1. The Morgan fingerprint density at radius 2 is 1.19 bits per heavy atom. The minimum absolute atomic E-state index is 0.0450. The van der Waals surface area contributed by atoms with Gasteiger partial charge in [-0.05, 0) is 31.4 Å². The quantitative estimate of drug-likeness (QED) is 0.268. The number of unbranched alkanes of at least 4 members (excludes halogenated alkanes) is 11. The van der Waals surface area contributed by atoms with Gasteiger partial charge in [-0.1, -0.05) is 102 Å². The molecule has 0 amide bonds. The number of hydrogen-bond acceptors (Lipinski definition) is 2. The Kier molecular flexibility index (Phi) is 15.4. The van der Waals surface area contributed by atoms with Crippen LogP contribution in [-0.4, -0.2) is 17.8 Å². The van der Waals surface area contributed by atoms with E-state index in [4.69, 9.17) is 0 Å². The van der Waals surface area contributed by atoms with Crippen molar-refractivity contribution < 1.29 is 5.11 Å². The minimum Gasteiger partial charge on any atom is -0.393 e. The molecule has 1 aromatic rings. The van der Waals surface area contributed by atoms with Crippen LogP contribution in [0.25, 0.3) is 0 Å². The number of benzene rings is 1. The summed E-state index contributed by atoms with van der Waals surface area (Å²) in [4.78, 5) is 0. The third-order valence-electron chi connectivity index (χ3n) is 5.21. The molecule has 0 heterocycles. The Hall–Kier alpha value is -1.02. The van der Waals surface area contributed by atoms with Crippen molar-refractivity contribution in [2.75, 3.05) is 11.9 Å². The van der Waals surface area contributed by atoms with Crippen molar-refractivity contribution in [1.29, 1.82) is 0 Å². The van der Waals surface area contributed by atoms with Crippen LogP contribution in [0.15, 0.2) is 30.3 Å². The first-order chi connectivity index (χ1) is 12.8. The summed E-state index contributed by atoms with van der Waals surface area (Å²) >= 11 is 0. The molecule has 1 atom stereocenters. The van der Waals surface area contributed by atoms with Crippen LogP contribution in [0.3, 0.4) is 0 Å². The van der Waals surface area contributed by atoms with Crippen molar-refractivity contribution in [3.63, 3.8) is 0 Å². The van der Waals surface area contributed by atoms with Crippen molar-refractivity contribution in [2.24, 2.45) is 0 Å². The van der Waals surface area contributed by atoms with E-state index in [0.29, 0.717) is 0 Å². The molecule has 26 heavy (non-hydrogen) atoms. The summed E-state index contributed by atoms with van der Waals surface area (Å²) in [6, 6.07) is 10.5. The molecule has 0 fully saturated rings. The molecule has 150 valence electrons. The normalized spacial score (nSPS) is 12.2. The van der Waals surface area contributed by atoms with Crippen LogP contribution in [0.2, 0.25) is 0 Å². The fraction of sp³-hybridized carbons (Fsp3) is 0.750. The van der Waals surface area contributed by atoms with Crippen LogP contribution in [0.4, 0.5) is 5.69 Å². The molecule has 2 heteroatoms. The van der Waals surface area contributed by atoms with E-state index in [9.17, 15) is 5.11 Å². The average molecular weight is 362 g/mol. The van der Waals surface area contributed by atoms with E-state index in [1.54, 1.807) is 0 Å². The van der Waals surface area contributed by atoms with Gasteiger partial charge in [-0.25, -0.2) is 0 Å². The van der Waals surface area contributed by atoms with E-state index in [0.717, 1.165) is 19.4 Å². The van der Waals surface area contributed by atoms with Crippen molar-refractivity contribution in [1.82, 2.24) is 0 Å². The molecule has 1 aromatic carbocycles. The van der Waals surface area contributed by atoms with Gasteiger partial charge in [-0.3, -0.25) is 0 Å². The van der Waals surface area contributed by atoms with Gasteiger partial charge in [-0.2, -0.15) is 0 Å². The smallest absolute Gasteiger partial charge is 0.0540 e. The maximum Gasteiger partial charge on any atom is 0.0540 e. The molecule has 0 spiro atoms. The van der Waals surface area contributed by atoms with Gasteiger partial charge in [0.15, 0.2) is 0 Å². The molecule has 2 nitrogen and oxygen atoms in total. The Balaban J connectivity index is 1.75. The van der Waals surface area contributed by atoms with Crippen LogP contribution in [0.1, 0.15) is 103 Å². The lowest BCUT2D eigenvalue weighted by atomic mass is 10.0. The Bertz CT molecular complexity index is 392. The second kappa shape index (κ2) is 17.4. The van der Waals surface area contributed by atoms with Crippen molar-refractivity contribution >= 4 is 5.69 Å². The molecule has 0 aromatic heterocycles. The van der Waals surface area contributed by atoms with E-state index in [-0.39, 0.29) is 6.10 Å². The van der Waals surface area contributed by atoms with E-state index in [2.05, 4.69) is 42.6 Å². The molecular formula is C24H43NO. The van der Waals surface area contributed by atoms with Crippen molar-refractivity contribution in [3.8, 4) is 0 Å². The molecule has 0 saturated carbocycles. The first-order valence-electron chi connectivity index (χ1n) is 11.3. The highest BCUT2D eigenvalue weighted by molar-refractivity contribution is 5.42. The Morgan fingerprint density at radius 1 is 0.692 bits per heavy atom. The summed E-state index contributed by atoms with van der Waals surface area (Å²) in [6.45, 7) is 3.32. The summed E-state index contributed by atoms with van der Waals surface area (Å²) in [6.07, 6.45) is 19.0. The fourth-order valence-corrected chi connectivity index (χ4v) is 3.48. The predicted octanol–water partition coefficient (Wildman–Crippen LogP) is 7.33. The molecule has 1 unspecified atom stereocenters. The number of anilines is 1. The molecule has 0 radical (unpaired) electrons. The lowest BCUT2D eigenvalue weighted by Gasteiger charge is -2.10. The second-order valence-corrected chi connectivity index (χ2v) is 7.77. The van der Waals surface area contributed by atoms with Crippen LogP contribution in [0.5, 0.6) is 0 Å². The largest absolute Gasteiger partial charge is 0.393 e. The number of para-hydroxylation sites is 1. The zero-order chi connectivity index (χ0) is 18.7. The molecule has 0 bridgehead atoms. The lowest BCUT2D eigenvalue weighted by molar-refractivity contribution is 0.147. The molecular weight excluding hydrogens is 318 g/mol. The summed E-state index contributed by atoms with van der Waals surface area (Å²) in [5.41, 5.74) is 1.23. The molecule has 0 aliphatic carbocycles. The minimum atomic E-state index is -0.0450. The standard InChI is InChI=1S/C24H43NO/c1-2-3-4-15-20-24(26)21-16-10-8-6-5-7-9-11-17-22-25-23-18-13-12-14-19-23/h12-14,18-19,24-26H,2-11,15-17,20-22H2,1H3. The van der Waals surface area contributed by atoms with Crippen LogP contribution >= 0.6 is 0 Å². The summed E-state index contributed by atoms with van der Waals surface area (Å²) in [7, 11) is 0. The van der Waals surface area contributed by atoms with E-state index >= 15 is 0 Å². The SMILES string of the molecule is CCCCCCC(O)CCCCCCCCCCCNc1ccccc1. The number of nitrogens with one attached hydrogen (secondary N) is 1. The third kappa shape index (κ3) is 14.2. The molecule has 1 rings (SSSR count). The van der Waals surface area contributed by atoms with E-state index < -0.39 is 0 Å². The highest BCUT2D eigenvalue weighted by Gasteiger charge is 2.03. The van der Waals surface area contributed by atoms with Gasteiger partial charge < -0.3 is 10.4 Å². The summed E-state index contributed by atoms with van der Waals surface area (Å²) in [5.74, 6) is 0. The van der Waals surface area contributed by atoms with Crippen LogP contribution in [0, 0.1) is 0 Å². The zero-order valence-corrected chi connectivity index (χ0v) is 17.2. The van der Waals surface area contributed by atoms with Gasteiger partial charge in [0.1, 0.15) is 0 Å². The van der Waals surface area contributed by atoms with Gasteiger partial charge >= 0.3 is 0 Å². The van der Waals surface area contributed by atoms with Gasteiger partial charge in [0.25, 0.3) is 0 Å². The number of aliphatic hydroxyl groups excluding tert-OH is 1. The highest BCUT2D eigenvalue weighted by atomic mass is 16.3. The monoisotopic (exact) mass is 361 g/mol. The summed E-state index contributed by atoms with van der Waals surface area (Å²) < 4.78 is 0. The summed E-state index contributed by atoms with van der Waals surface area (Å²) in [5, 5.41) is 13.4. The van der Waals surface area contributed by atoms with Crippen LogP contribution in [-0.2, 0) is 0 Å². The third-order valence-corrected chi connectivity index (χ3v) is 5.21. The lowest BCUT2D eigenvalue weighted by Crippen LogP contribution is -2.05. The van der Waals surface area contributed by atoms with E-state index in [1.165, 1.54) is 89.2 Å². The van der Waals surface area contributed by atoms with Gasteiger partial charge in [0.2, 0.25) is 0 Å². The molecule has 2 N–H and O–H groups in total. The fourth-order valence-electron chi connectivity index (χ4n) is 3.48. The first kappa shape index (κ1) is 23.0. The van der Waals surface area contributed by atoms with Gasteiger partial charge in [0, 0.05) is 12.2 Å². The van der Waals surface area contributed by atoms with Crippen molar-refractivity contribution in [2.45, 2.75) is 109 Å². The molecule has 0 aliphatic heterocycles. The molecule has 0 saturated heterocycles. The highest BCUT2D eigenvalue weighted by Crippen LogP contribution is 2.14. The van der Waals surface area contributed by atoms with Crippen LogP contribution < -0.4 is 5.32 Å². The topological polar surface area (TPSA) is 32.3 Å². The van der Waals surface area contributed by atoms with Gasteiger partial charge in [0.05, 0.1) is 6.10 Å². The van der Waals surface area contributed by atoms with Crippen molar-refractivity contribution in [3.05, 3.63) is 30.3 Å². The number of rotatable bonds is 18. The average Bonchev–Trinajstić information content (AvgIpc) is 2.67. The number of hydrogen-bond donors (Lipinski definition) is 2. The maximum absolute atomic E-state index is 9.96. The maximum atomic E-state index is 9.96. The Morgan fingerprint density at radius 3 is 1.77 bits per heavy atom. The second-order valence-electron chi connectivity index (χ2n) is 7.77.